The molecule has 0 bridgehead atoms. The molecule has 1 aromatic heterocycles. The highest BCUT2D eigenvalue weighted by Crippen LogP contribution is 2.56. The Morgan fingerprint density at radius 1 is 0.442 bits per heavy atom. The van der Waals surface area contributed by atoms with Crippen LogP contribution in [0.2, 0.25) is 0 Å². The Balaban J connectivity index is 1.18. The van der Waals surface area contributed by atoms with Gasteiger partial charge < -0.3 is 9.05 Å². The van der Waals surface area contributed by atoms with Gasteiger partial charge in [0.15, 0.2) is 0 Å². The lowest BCUT2D eigenvalue weighted by Crippen LogP contribution is -2.25. The van der Waals surface area contributed by atoms with Crippen LogP contribution in [0, 0.1) is 0 Å². The monoisotopic (exact) mass is 612 g/mol. The van der Waals surface area contributed by atoms with E-state index in [1.165, 1.54) is 0 Å². The molecule has 0 N–H and O–H groups in total. The molecule has 0 amide bonds. The number of fused-ring (bicyclic) bond motifs is 9. The average molecular weight is 613 g/mol. The molecular weight excluding hydrogens is 590 g/mol. The molecule has 9 rings (SSSR count). The summed E-state index contributed by atoms with van der Waals surface area (Å²) in [6.07, 6.45) is 0. The SMILES string of the molecule is O=P1(c2ccc3c(c2)sc2cc(P4(=O)Oc5ccccc5-c5ccccc54)ccc23)Oc2ccccc2-c2ccccc21. The topological polar surface area (TPSA) is 52.6 Å². The Morgan fingerprint density at radius 2 is 0.837 bits per heavy atom. The van der Waals surface area contributed by atoms with Crippen LogP contribution in [0.15, 0.2) is 133 Å². The van der Waals surface area contributed by atoms with E-state index in [9.17, 15) is 9.13 Å². The van der Waals surface area contributed by atoms with Crippen LogP contribution in [0.1, 0.15) is 0 Å². The van der Waals surface area contributed by atoms with Crippen molar-refractivity contribution in [3.8, 4) is 33.8 Å². The molecule has 4 nitrogen and oxygen atoms in total. The van der Waals surface area contributed by atoms with Crippen molar-refractivity contribution in [2.75, 3.05) is 0 Å². The lowest BCUT2D eigenvalue weighted by molar-refractivity contribution is 0.500. The van der Waals surface area contributed by atoms with Gasteiger partial charge in [0.2, 0.25) is 0 Å². The molecule has 206 valence electrons. The summed E-state index contributed by atoms with van der Waals surface area (Å²) in [4.78, 5) is 0. The van der Waals surface area contributed by atoms with Gasteiger partial charge in [-0.05, 0) is 59.7 Å². The molecule has 0 saturated heterocycles. The standard InChI is InChI=1S/C36H22O4P2S/c37-41(33-15-7-3-11-27(33)25-9-1-5-13-31(25)39-41)23-17-19-29-30-20-18-24(22-36(30)43-35(29)21-23)42(38)34-16-8-4-12-28(34)26-10-2-6-14-32(26)40-42/h1-22H. The zero-order valence-electron chi connectivity index (χ0n) is 22.6. The summed E-state index contributed by atoms with van der Waals surface area (Å²) in [5.74, 6) is 1.26. The van der Waals surface area contributed by atoms with Gasteiger partial charge in [-0.1, -0.05) is 84.9 Å². The zero-order valence-corrected chi connectivity index (χ0v) is 25.2. The summed E-state index contributed by atoms with van der Waals surface area (Å²) in [6, 6.07) is 43.0. The molecule has 6 aromatic carbocycles. The Labute approximate surface area is 252 Å². The molecule has 2 aliphatic rings. The highest BCUT2D eigenvalue weighted by molar-refractivity contribution is 7.75. The van der Waals surface area contributed by atoms with E-state index in [0.717, 1.165) is 42.4 Å². The van der Waals surface area contributed by atoms with Crippen LogP contribution in [-0.4, -0.2) is 0 Å². The maximum atomic E-state index is 14.7. The summed E-state index contributed by atoms with van der Waals surface area (Å²) in [5, 5.41) is 4.85. The van der Waals surface area contributed by atoms with E-state index in [2.05, 4.69) is 0 Å². The first-order valence-electron chi connectivity index (χ1n) is 14.0. The van der Waals surface area contributed by atoms with Crippen molar-refractivity contribution < 1.29 is 18.2 Å². The predicted molar refractivity (Wildman–Crippen MR) is 178 cm³/mol. The molecule has 43 heavy (non-hydrogen) atoms. The van der Waals surface area contributed by atoms with Crippen LogP contribution >= 0.6 is 26.1 Å². The van der Waals surface area contributed by atoms with E-state index in [4.69, 9.17) is 9.05 Å². The van der Waals surface area contributed by atoms with Gasteiger partial charge in [-0.3, -0.25) is 9.13 Å². The number of thiophene rings is 1. The van der Waals surface area contributed by atoms with Gasteiger partial charge in [-0.15, -0.1) is 11.3 Å². The first kappa shape index (κ1) is 25.1. The molecule has 3 heterocycles. The van der Waals surface area contributed by atoms with Crippen LogP contribution in [0.4, 0.5) is 0 Å². The third-order valence-corrected chi connectivity index (χ3v) is 14.4. The fraction of sp³-hybridized carbons (Fsp3) is 0. The Hall–Kier alpha value is -4.40. The van der Waals surface area contributed by atoms with E-state index in [0.29, 0.717) is 32.7 Å². The highest BCUT2D eigenvalue weighted by atomic mass is 32.1. The lowest BCUT2D eigenvalue weighted by atomic mass is 10.0. The van der Waals surface area contributed by atoms with Crippen molar-refractivity contribution >= 4 is 67.5 Å². The molecule has 2 aliphatic heterocycles. The third kappa shape index (κ3) is 3.57. The van der Waals surface area contributed by atoms with E-state index >= 15 is 0 Å². The minimum absolute atomic E-state index is 0.629. The second kappa shape index (κ2) is 9.05. The predicted octanol–water partition coefficient (Wildman–Crippen LogP) is 8.63. The van der Waals surface area contributed by atoms with Crippen LogP contribution in [-0.2, 0) is 9.13 Å². The van der Waals surface area contributed by atoms with Crippen molar-refractivity contribution in [1.82, 2.24) is 0 Å². The van der Waals surface area contributed by atoms with Gasteiger partial charge in [-0.2, -0.15) is 0 Å². The molecule has 2 atom stereocenters. The minimum Gasteiger partial charge on any atom is -0.436 e. The lowest BCUT2D eigenvalue weighted by Gasteiger charge is -2.28. The summed E-state index contributed by atoms with van der Waals surface area (Å²) in [6.45, 7) is 0. The number of para-hydroxylation sites is 2. The zero-order chi connectivity index (χ0) is 28.8. The van der Waals surface area contributed by atoms with Gasteiger partial charge in [0.05, 0.1) is 21.2 Å². The van der Waals surface area contributed by atoms with Crippen molar-refractivity contribution in [2.45, 2.75) is 0 Å². The largest absolute Gasteiger partial charge is 0.436 e. The second-order valence-corrected chi connectivity index (χ2v) is 16.4. The van der Waals surface area contributed by atoms with Gasteiger partial charge in [0.1, 0.15) is 11.5 Å². The van der Waals surface area contributed by atoms with E-state index in [1.807, 2.05) is 133 Å². The van der Waals surface area contributed by atoms with Gasteiger partial charge in [-0.25, -0.2) is 0 Å². The average Bonchev–Trinajstić information content (AvgIpc) is 3.42. The van der Waals surface area contributed by atoms with Crippen molar-refractivity contribution in [3.05, 3.63) is 133 Å². The summed E-state index contributed by atoms with van der Waals surface area (Å²) in [7, 11) is -6.81. The maximum Gasteiger partial charge on any atom is 0.307 e. The fourth-order valence-electron chi connectivity index (χ4n) is 6.33. The van der Waals surface area contributed by atoms with Crippen LogP contribution < -0.4 is 30.3 Å². The molecule has 0 radical (unpaired) electrons. The molecule has 0 aliphatic carbocycles. The summed E-state index contributed by atoms with van der Waals surface area (Å²) >= 11 is 1.60. The summed E-state index contributed by atoms with van der Waals surface area (Å²) in [5.41, 5.74) is 3.77. The van der Waals surface area contributed by atoms with E-state index < -0.39 is 14.7 Å². The Bertz CT molecular complexity index is 2230. The van der Waals surface area contributed by atoms with Crippen molar-refractivity contribution in [3.63, 3.8) is 0 Å². The van der Waals surface area contributed by atoms with Gasteiger partial charge in [0.25, 0.3) is 0 Å². The molecular formula is C36H22O4P2S. The van der Waals surface area contributed by atoms with Crippen LogP contribution in [0.25, 0.3) is 42.4 Å². The first-order chi connectivity index (χ1) is 21.0. The number of benzene rings is 6. The van der Waals surface area contributed by atoms with Crippen molar-refractivity contribution in [1.29, 1.82) is 0 Å². The van der Waals surface area contributed by atoms with E-state index in [1.54, 1.807) is 11.3 Å². The normalized spacial score (nSPS) is 19.9. The molecule has 0 fully saturated rings. The fourth-order valence-corrected chi connectivity index (χ4v) is 12.3. The quantitative estimate of drug-likeness (QED) is 0.184. The van der Waals surface area contributed by atoms with Gasteiger partial charge >= 0.3 is 14.7 Å². The van der Waals surface area contributed by atoms with E-state index in [-0.39, 0.29) is 0 Å². The highest BCUT2D eigenvalue weighted by Gasteiger charge is 2.39. The van der Waals surface area contributed by atoms with Crippen molar-refractivity contribution in [2.24, 2.45) is 0 Å². The molecule has 2 unspecified atom stereocenters. The first-order valence-corrected chi connectivity index (χ1v) is 18.0. The molecule has 0 spiro atoms. The van der Waals surface area contributed by atoms with Crippen LogP contribution in [0.3, 0.4) is 0 Å². The molecule has 0 saturated carbocycles. The maximum absolute atomic E-state index is 14.7. The number of hydrogen-bond donors (Lipinski definition) is 0. The Kier molecular flexibility index (Phi) is 5.29. The van der Waals surface area contributed by atoms with Crippen LogP contribution in [0.5, 0.6) is 11.5 Å². The number of hydrogen-bond acceptors (Lipinski definition) is 5. The smallest absolute Gasteiger partial charge is 0.307 e. The molecule has 7 aromatic rings. The summed E-state index contributed by atoms with van der Waals surface area (Å²) < 4.78 is 44.1. The second-order valence-electron chi connectivity index (χ2n) is 10.8. The third-order valence-electron chi connectivity index (χ3n) is 8.37. The molecule has 7 heteroatoms. The van der Waals surface area contributed by atoms with Gasteiger partial charge in [0, 0.05) is 31.3 Å². The number of rotatable bonds is 2. The minimum atomic E-state index is -3.40. The Morgan fingerprint density at radius 3 is 1.30 bits per heavy atom.